The van der Waals surface area contributed by atoms with Crippen LogP contribution in [0, 0.1) is 0 Å². The molecule has 0 atom stereocenters. The number of hydrogen-bond acceptors (Lipinski definition) is 2. The van der Waals surface area contributed by atoms with E-state index in [1.54, 1.807) is 18.2 Å². The minimum Gasteiger partial charge on any atom is -0.376 e. The maximum atomic E-state index is 12.3. The summed E-state index contributed by atoms with van der Waals surface area (Å²) in [6.45, 7) is 1.62. The Morgan fingerprint density at radius 3 is 2.58 bits per heavy atom. The van der Waals surface area contributed by atoms with Crippen LogP contribution in [0.1, 0.15) is 29.6 Å². The zero-order chi connectivity index (χ0) is 13.8. The fourth-order valence-corrected chi connectivity index (χ4v) is 2.56. The number of anilines is 1. The first kappa shape index (κ1) is 14.1. The van der Waals surface area contributed by atoms with E-state index < -0.39 is 0 Å². The van der Waals surface area contributed by atoms with Gasteiger partial charge in [-0.25, -0.2) is 0 Å². The first-order chi connectivity index (χ1) is 9.08. The SMILES string of the molecule is NC(=S)Nc1ccc(C(=O)N2CCCCC2)c(Cl)c1. The normalized spacial score (nSPS) is 15.1. The van der Waals surface area contributed by atoms with Gasteiger partial charge in [0.15, 0.2) is 5.11 Å². The summed E-state index contributed by atoms with van der Waals surface area (Å²) in [7, 11) is 0. The van der Waals surface area contributed by atoms with Gasteiger partial charge in [0.2, 0.25) is 0 Å². The molecule has 1 amide bonds. The fraction of sp³-hybridized carbons (Fsp3) is 0.385. The van der Waals surface area contributed by atoms with Gasteiger partial charge in [-0.1, -0.05) is 11.6 Å². The van der Waals surface area contributed by atoms with E-state index in [1.165, 1.54) is 6.42 Å². The summed E-state index contributed by atoms with van der Waals surface area (Å²) in [5, 5.41) is 3.38. The first-order valence-electron chi connectivity index (χ1n) is 6.23. The number of halogens is 1. The summed E-state index contributed by atoms with van der Waals surface area (Å²) < 4.78 is 0. The molecular formula is C13H16ClN3OS. The maximum Gasteiger partial charge on any atom is 0.255 e. The van der Waals surface area contributed by atoms with Gasteiger partial charge in [-0.05, 0) is 49.7 Å². The molecule has 1 aliphatic heterocycles. The Balaban J connectivity index is 2.15. The summed E-state index contributed by atoms with van der Waals surface area (Å²) in [5.74, 6) is -0.00780. The van der Waals surface area contributed by atoms with Crippen molar-refractivity contribution in [3.05, 3.63) is 28.8 Å². The highest BCUT2D eigenvalue weighted by Gasteiger charge is 2.20. The van der Waals surface area contributed by atoms with Crippen LogP contribution in [-0.2, 0) is 0 Å². The Bertz CT molecular complexity index is 501. The van der Waals surface area contributed by atoms with Gasteiger partial charge in [0.25, 0.3) is 5.91 Å². The van der Waals surface area contributed by atoms with Crippen molar-refractivity contribution in [2.45, 2.75) is 19.3 Å². The predicted octanol–water partition coefficient (Wildman–Crippen LogP) is 2.62. The van der Waals surface area contributed by atoms with Gasteiger partial charge in [0.05, 0.1) is 10.6 Å². The van der Waals surface area contributed by atoms with E-state index in [4.69, 9.17) is 29.6 Å². The summed E-state index contributed by atoms with van der Waals surface area (Å²) in [6, 6.07) is 5.12. The lowest BCUT2D eigenvalue weighted by atomic mass is 10.1. The monoisotopic (exact) mass is 297 g/mol. The Labute approximate surface area is 122 Å². The molecule has 1 aliphatic rings. The van der Waals surface area contributed by atoms with Crippen molar-refractivity contribution in [2.75, 3.05) is 18.4 Å². The van der Waals surface area contributed by atoms with E-state index in [2.05, 4.69) is 5.32 Å². The highest BCUT2D eigenvalue weighted by atomic mass is 35.5. The topological polar surface area (TPSA) is 58.4 Å². The number of likely N-dealkylation sites (tertiary alicyclic amines) is 1. The number of piperidine rings is 1. The smallest absolute Gasteiger partial charge is 0.255 e. The molecule has 0 radical (unpaired) electrons. The van der Waals surface area contributed by atoms with Crippen molar-refractivity contribution in [1.82, 2.24) is 4.90 Å². The highest BCUT2D eigenvalue weighted by Crippen LogP contribution is 2.23. The predicted molar refractivity (Wildman–Crippen MR) is 81.6 cm³/mol. The fourth-order valence-electron chi connectivity index (χ4n) is 2.18. The molecule has 0 aliphatic carbocycles. The standard InChI is InChI=1S/C13H16ClN3OS/c14-11-8-9(16-13(15)19)4-5-10(11)12(18)17-6-2-1-3-7-17/h4-5,8H,1-3,6-7H2,(H3,15,16,19). The average molecular weight is 298 g/mol. The number of amides is 1. The van der Waals surface area contributed by atoms with Crippen LogP contribution >= 0.6 is 23.8 Å². The lowest BCUT2D eigenvalue weighted by Crippen LogP contribution is -2.35. The van der Waals surface area contributed by atoms with Crippen molar-refractivity contribution >= 4 is 40.5 Å². The van der Waals surface area contributed by atoms with Gasteiger partial charge in [-0.2, -0.15) is 0 Å². The number of carbonyl (C=O) groups is 1. The molecule has 1 heterocycles. The highest BCUT2D eigenvalue weighted by molar-refractivity contribution is 7.80. The third-order valence-corrected chi connectivity index (χ3v) is 3.53. The Morgan fingerprint density at radius 2 is 2.00 bits per heavy atom. The lowest BCUT2D eigenvalue weighted by molar-refractivity contribution is 0.0724. The number of nitrogens with one attached hydrogen (secondary N) is 1. The molecule has 3 N–H and O–H groups in total. The van der Waals surface area contributed by atoms with Crippen molar-refractivity contribution in [3.8, 4) is 0 Å². The molecule has 19 heavy (non-hydrogen) atoms. The Kier molecular flexibility index (Phi) is 4.61. The average Bonchev–Trinajstić information content (AvgIpc) is 2.38. The molecule has 1 saturated heterocycles. The van der Waals surface area contributed by atoms with Crippen molar-refractivity contribution < 1.29 is 4.79 Å². The number of rotatable bonds is 2. The molecule has 4 nitrogen and oxygen atoms in total. The van der Waals surface area contributed by atoms with E-state index in [0.717, 1.165) is 25.9 Å². The number of nitrogens with zero attached hydrogens (tertiary/aromatic N) is 1. The van der Waals surface area contributed by atoms with Gasteiger partial charge in [0.1, 0.15) is 0 Å². The Morgan fingerprint density at radius 1 is 1.32 bits per heavy atom. The zero-order valence-electron chi connectivity index (χ0n) is 10.5. The molecular weight excluding hydrogens is 282 g/mol. The molecule has 6 heteroatoms. The zero-order valence-corrected chi connectivity index (χ0v) is 12.1. The minimum atomic E-state index is -0.00780. The minimum absolute atomic E-state index is 0.00780. The second-order valence-corrected chi connectivity index (χ2v) is 5.38. The second-order valence-electron chi connectivity index (χ2n) is 4.54. The van der Waals surface area contributed by atoms with Crippen molar-refractivity contribution in [1.29, 1.82) is 0 Å². The van der Waals surface area contributed by atoms with Crippen LogP contribution in [0.15, 0.2) is 18.2 Å². The molecule has 102 valence electrons. The van der Waals surface area contributed by atoms with Crippen LogP contribution in [0.4, 0.5) is 5.69 Å². The molecule has 0 bridgehead atoms. The van der Waals surface area contributed by atoms with E-state index >= 15 is 0 Å². The largest absolute Gasteiger partial charge is 0.376 e. The number of benzene rings is 1. The third kappa shape index (κ3) is 3.58. The van der Waals surface area contributed by atoms with Crippen molar-refractivity contribution in [3.63, 3.8) is 0 Å². The van der Waals surface area contributed by atoms with Crippen LogP contribution in [0.5, 0.6) is 0 Å². The van der Waals surface area contributed by atoms with Crippen LogP contribution in [0.3, 0.4) is 0 Å². The van der Waals surface area contributed by atoms with Crippen LogP contribution in [-0.4, -0.2) is 29.0 Å². The lowest BCUT2D eigenvalue weighted by Gasteiger charge is -2.27. The van der Waals surface area contributed by atoms with Gasteiger partial charge in [0, 0.05) is 18.8 Å². The molecule has 0 aromatic heterocycles. The van der Waals surface area contributed by atoms with Crippen LogP contribution in [0.2, 0.25) is 5.02 Å². The molecule has 0 saturated carbocycles. The molecule has 1 aromatic rings. The molecule has 1 fully saturated rings. The van der Waals surface area contributed by atoms with E-state index in [9.17, 15) is 4.79 Å². The summed E-state index contributed by atoms with van der Waals surface area (Å²) in [4.78, 5) is 14.2. The third-order valence-electron chi connectivity index (χ3n) is 3.11. The molecule has 1 aromatic carbocycles. The number of nitrogens with two attached hydrogens (primary N) is 1. The van der Waals surface area contributed by atoms with Gasteiger partial charge >= 0.3 is 0 Å². The summed E-state index contributed by atoms with van der Waals surface area (Å²) in [5.41, 5.74) is 6.60. The van der Waals surface area contributed by atoms with E-state index in [1.807, 2.05) is 4.90 Å². The quantitative estimate of drug-likeness (QED) is 0.824. The molecule has 0 spiro atoms. The molecule has 0 unspecified atom stereocenters. The Hall–Kier alpha value is -1.33. The number of carbonyl (C=O) groups excluding carboxylic acids is 1. The summed E-state index contributed by atoms with van der Waals surface area (Å²) in [6.07, 6.45) is 3.31. The van der Waals surface area contributed by atoms with E-state index in [0.29, 0.717) is 16.3 Å². The van der Waals surface area contributed by atoms with Crippen LogP contribution in [0.25, 0.3) is 0 Å². The maximum absolute atomic E-state index is 12.3. The van der Waals surface area contributed by atoms with Gasteiger partial charge in [-0.15, -0.1) is 0 Å². The van der Waals surface area contributed by atoms with E-state index in [-0.39, 0.29) is 11.0 Å². The van der Waals surface area contributed by atoms with Gasteiger partial charge in [-0.3, -0.25) is 4.79 Å². The van der Waals surface area contributed by atoms with Gasteiger partial charge < -0.3 is 16.0 Å². The van der Waals surface area contributed by atoms with Crippen molar-refractivity contribution in [2.24, 2.45) is 5.73 Å². The number of hydrogen-bond donors (Lipinski definition) is 2. The van der Waals surface area contributed by atoms with Crippen LogP contribution < -0.4 is 11.1 Å². The summed E-state index contributed by atoms with van der Waals surface area (Å²) >= 11 is 10.9. The number of thiocarbonyl (C=S) groups is 1. The first-order valence-corrected chi connectivity index (χ1v) is 7.02. The second kappa shape index (κ2) is 6.21. The molecule has 2 rings (SSSR count).